The van der Waals surface area contributed by atoms with E-state index in [4.69, 9.17) is 0 Å². The average Bonchev–Trinajstić information content (AvgIpc) is 2.60. The van der Waals surface area contributed by atoms with Crippen LogP contribution in [0.4, 0.5) is 11.4 Å². The van der Waals surface area contributed by atoms with Crippen molar-refractivity contribution in [2.75, 3.05) is 16.8 Å². The Bertz CT molecular complexity index is 777. The van der Waals surface area contributed by atoms with Crippen LogP contribution in [0.2, 0.25) is 0 Å². The van der Waals surface area contributed by atoms with Crippen LogP contribution in [0.5, 0.6) is 0 Å². The summed E-state index contributed by atoms with van der Waals surface area (Å²) < 4.78 is 0. The zero-order valence-electron chi connectivity index (χ0n) is 14.9. The van der Waals surface area contributed by atoms with E-state index in [2.05, 4.69) is 15.6 Å². The molecule has 0 aliphatic carbocycles. The molecule has 0 unspecified atom stereocenters. The maximum absolute atomic E-state index is 12.1. The molecular weight excluding hydrogens is 332 g/mol. The van der Waals surface area contributed by atoms with E-state index in [0.29, 0.717) is 17.9 Å². The summed E-state index contributed by atoms with van der Waals surface area (Å²) in [6, 6.07) is 10.6. The number of nitrogens with zero attached hydrogens (tertiary/aromatic N) is 2. The van der Waals surface area contributed by atoms with Gasteiger partial charge in [-0.3, -0.25) is 19.4 Å². The van der Waals surface area contributed by atoms with Crippen molar-refractivity contribution >= 4 is 29.1 Å². The van der Waals surface area contributed by atoms with E-state index >= 15 is 0 Å². The van der Waals surface area contributed by atoms with Crippen molar-refractivity contribution in [2.24, 2.45) is 0 Å². The van der Waals surface area contributed by atoms with Crippen LogP contribution in [0.1, 0.15) is 25.8 Å². The molecule has 1 aromatic heterocycles. The summed E-state index contributed by atoms with van der Waals surface area (Å²) in [4.78, 5) is 40.7. The number of rotatable bonds is 7. The number of amides is 3. The van der Waals surface area contributed by atoms with Gasteiger partial charge in [0.15, 0.2) is 0 Å². The molecule has 0 atom stereocenters. The highest BCUT2D eigenvalue weighted by molar-refractivity contribution is 5.94. The summed E-state index contributed by atoms with van der Waals surface area (Å²) in [5, 5.41) is 5.49. The number of carbonyl (C=O) groups excluding carboxylic acids is 3. The van der Waals surface area contributed by atoms with Crippen LogP contribution in [0, 0.1) is 0 Å². The van der Waals surface area contributed by atoms with Crippen LogP contribution < -0.4 is 15.5 Å². The fourth-order valence-corrected chi connectivity index (χ4v) is 2.43. The Morgan fingerprint density at radius 1 is 1.12 bits per heavy atom. The highest BCUT2D eigenvalue weighted by atomic mass is 16.2. The second kappa shape index (κ2) is 9.31. The van der Waals surface area contributed by atoms with Gasteiger partial charge in [0.1, 0.15) is 0 Å². The van der Waals surface area contributed by atoms with Gasteiger partial charge in [0.05, 0.1) is 0 Å². The minimum atomic E-state index is -0.189. The lowest BCUT2D eigenvalue weighted by Crippen LogP contribution is -2.33. The van der Waals surface area contributed by atoms with Crippen LogP contribution >= 0.6 is 0 Å². The van der Waals surface area contributed by atoms with Crippen LogP contribution in [-0.2, 0) is 20.9 Å². The van der Waals surface area contributed by atoms with E-state index in [9.17, 15) is 14.4 Å². The Morgan fingerprint density at radius 3 is 2.58 bits per heavy atom. The number of hydrogen-bond acceptors (Lipinski definition) is 4. The van der Waals surface area contributed by atoms with Gasteiger partial charge in [0.25, 0.3) is 0 Å². The predicted octanol–water partition coefficient (Wildman–Crippen LogP) is 2.10. The van der Waals surface area contributed by atoms with Crippen molar-refractivity contribution in [1.29, 1.82) is 0 Å². The smallest absolute Gasteiger partial charge is 0.223 e. The van der Waals surface area contributed by atoms with E-state index < -0.39 is 0 Å². The molecule has 2 aromatic rings. The van der Waals surface area contributed by atoms with Gasteiger partial charge < -0.3 is 15.5 Å². The third-order valence-corrected chi connectivity index (χ3v) is 3.63. The molecule has 0 spiro atoms. The van der Waals surface area contributed by atoms with Gasteiger partial charge in [-0.25, -0.2) is 0 Å². The van der Waals surface area contributed by atoms with Crippen LogP contribution in [0.15, 0.2) is 48.8 Å². The van der Waals surface area contributed by atoms with Gasteiger partial charge in [-0.15, -0.1) is 0 Å². The molecule has 2 N–H and O–H groups in total. The molecule has 0 fully saturated rings. The monoisotopic (exact) mass is 354 g/mol. The van der Waals surface area contributed by atoms with E-state index in [1.165, 1.54) is 18.7 Å². The maximum Gasteiger partial charge on any atom is 0.223 e. The molecule has 136 valence electrons. The van der Waals surface area contributed by atoms with Crippen molar-refractivity contribution in [3.8, 4) is 0 Å². The molecule has 0 aliphatic rings. The van der Waals surface area contributed by atoms with Crippen molar-refractivity contribution in [3.63, 3.8) is 0 Å². The average molecular weight is 354 g/mol. The Morgan fingerprint density at radius 2 is 1.92 bits per heavy atom. The van der Waals surface area contributed by atoms with Crippen LogP contribution in [0.3, 0.4) is 0 Å². The first-order chi connectivity index (χ1) is 12.5. The molecule has 0 saturated heterocycles. The Hall–Kier alpha value is -3.22. The summed E-state index contributed by atoms with van der Waals surface area (Å²) in [7, 11) is 0. The second-order valence-electron chi connectivity index (χ2n) is 5.79. The van der Waals surface area contributed by atoms with Gasteiger partial charge >= 0.3 is 0 Å². The molecule has 0 aliphatic heterocycles. The maximum atomic E-state index is 12.1. The molecule has 0 bridgehead atoms. The van der Waals surface area contributed by atoms with E-state index in [0.717, 1.165) is 5.56 Å². The molecule has 7 nitrogen and oxygen atoms in total. The number of carbonyl (C=O) groups is 3. The SMILES string of the molecule is CC(=O)Nc1cccc(N(CCC(=O)NCc2cccnc2)C(C)=O)c1. The van der Waals surface area contributed by atoms with Crippen LogP contribution in [0.25, 0.3) is 0 Å². The molecule has 7 heteroatoms. The topological polar surface area (TPSA) is 91.4 Å². The van der Waals surface area contributed by atoms with Gasteiger partial charge in [-0.2, -0.15) is 0 Å². The standard InChI is InChI=1S/C19H22N4O3/c1-14(24)22-17-6-3-7-18(11-17)23(15(2)25)10-8-19(26)21-13-16-5-4-9-20-12-16/h3-7,9,11-12H,8,10,13H2,1-2H3,(H,21,26)(H,22,24). The third-order valence-electron chi connectivity index (χ3n) is 3.63. The lowest BCUT2D eigenvalue weighted by molar-refractivity contribution is -0.121. The van der Waals surface area contributed by atoms with Gasteiger partial charge in [0.2, 0.25) is 17.7 Å². The summed E-state index contributed by atoms with van der Waals surface area (Å²) in [6.07, 6.45) is 3.53. The van der Waals surface area contributed by atoms with E-state index in [1.54, 1.807) is 42.7 Å². The summed E-state index contributed by atoms with van der Waals surface area (Å²) in [5.74, 6) is -0.519. The first-order valence-corrected chi connectivity index (χ1v) is 8.27. The van der Waals surface area contributed by atoms with Crippen molar-refractivity contribution in [2.45, 2.75) is 26.8 Å². The molecule has 2 rings (SSSR count). The summed E-state index contributed by atoms with van der Waals surface area (Å²) >= 11 is 0. The van der Waals surface area contributed by atoms with Crippen molar-refractivity contribution in [3.05, 3.63) is 54.4 Å². The number of aromatic nitrogens is 1. The summed E-state index contributed by atoms with van der Waals surface area (Å²) in [5.41, 5.74) is 2.14. The van der Waals surface area contributed by atoms with Crippen LogP contribution in [-0.4, -0.2) is 29.3 Å². The highest BCUT2D eigenvalue weighted by Gasteiger charge is 2.14. The number of anilines is 2. The molecule has 3 amide bonds. The molecule has 0 radical (unpaired) electrons. The highest BCUT2D eigenvalue weighted by Crippen LogP contribution is 2.20. The molecule has 26 heavy (non-hydrogen) atoms. The van der Waals surface area contributed by atoms with E-state index in [1.807, 2.05) is 6.07 Å². The first-order valence-electron chi connectivity index (χ1n) is 8.27. The number of pyridine rings is 1. The normalized spacial score (nSPS) is 10.1. The number of benzene rings is 1. The lowest BCUT2D eigenvalue weighted by Gasteiger charge is -2.21. The van der Waals surface area contributed by atoms with Gasteiger partial charge in [0, 0.05) is 57.1 Å². The number of nitrogens with one attached hydrogen (secondary N) is 2. The minimum absolute atomic E-state index is 0.155. The summed E-state index contributed by atoms with van der Waals surface area (Å²) in [6.45, 7) is 3.50. The molecule has 1 aromatic carbocycles. The minimum Gasteiger partial charge on any atom is -0.352 e. The van der Waals surface area contributed by atoms with Gasteiger partial charge in [-0.05, 0) is 29.8 Å². The van der Waals surface area contributed by atoms with E-state index in [-0.39, 0.29) is 30.7 Å². The first kappa shape index (κ1) is 19.1. The zero-order valence-corrected chi connectivity index (χ0v) is 14.9. The fourth-order valence-electron chi connectivity index (χ4n) is 2.43. The molecule has 0 saturated carbocycles. The Kier molecular flexibility index (Phi) is 6.84. The Labute approximate surface area is 152 Å². The quantitative estimate of drug-likeness (QED) is 0.796. The second-order valence-corrected chi connectivity index (χ2v) is 5.79. The predicted molar refractivity (Wildman–Crippen MR) is 99.5 cm³/mol. The van der Waals surface area contributed by atoms with Crippen molar-refractivity contribution < 1.29 is 14.4 Å². The fraction of sp³-hybridized carbons (Fsp3) is 0.263. The lowest BCUT2D eigenvalue weighted by atomic mass is 10.2. The largest absolute Gasteiger partial charge is 0.352 e. The third kappa shape index (κ3) is 6.01. The molecule has 1 heterocycles. The molecular formula is C19H22N4O3. The van der Waals surface area contributed by atoms with Gasteiger partial charge in [-0.1, -0.05) is 12.1 Å². The van der Waals surface area contributed by atoms with Crippen molar-refractivity contribution in [1.82, 2.24) is 10.3 Å². The zero-order chi connectivity index (χ0) is 18.9. The number of hydrogen-bond donors (Lipinski definition) is 2. The Balaban J connectivity index is 1.94.